The number of hydrogen-bond acceptors (Lipinski definition) is 3. The molecule has 0 aliphatic heterocycles. The van der Waals surface area contributed by atoms with Crippen LogP contribution in [0.25, 0.3) is 0 Å². The summed E-state index contributed by atoms with van der Waals surface area (Å²) in [7, 11) is 0. The number of unbranched alkanes of at least 4 members (excludes halogenated alkanes) is 1. The molecule has 90 valence electrons. The highest BCUT2D eigenvalue weighted by Crippen LogP contribution is 2.16. The van der Waals surface area contributed by atoms with Gasteiger partial charge < -0.3 is 10.4 Å². The number of rotatable bonds is 6. The first-order valence-corrected chi connectivity index (χ1v) is 5.60. The van der Waals surface area contributed by atoms with Gasteiger partial charge in [0.15, 0.2) is 0 Å². The van der Waals surface area contributed by atoms with E-state index in [9.17, 15) is 4.79 Å². The van der Waals surface area contributed by atoms with Crippen LogP contribution in [0.1, 0.15) is 30.4 Å². The largest absolute Gasteiger partial charge is 0.481 e. The second kappa shape index (κ2) is 6.54. The Morgan fingerprint density at radius 3 is 2.88 bits per heavy atom. The number of nitrogens with one attached hydrogen (secondary N) is 1. The number of anilines is 1. The molecule has 0 heterocycles. The second-order valence-corrected chi connectivity index (χ2v) is 3.94. The first kappa shape index (κ1) is 13.0. The van der Waals surface area contributed by atoms with Crippen molar-refractivity contribution < 1.29 is 9.90 Å². The number of carboxylic acid groups (broad SMARTS) is 1. The summed E-state index contributed by atoms with van der Waals surface area (Å²) in [6, 6.07) is 7.80. The minimum absolute atomic E-state index is 0.195. The number of nitrogens with zero attached hydrogens (tertiary/aromatic N) is 1. The maximum Gasteiger partial charge on any atom is 0.303 e. The molecule has 0 spiro atoms. The van der Waals surface area contributed by atoms with E-state index in [1.165, 1.54) is 0 Å². The van der Waals surface area contributed by atoms with Gasteiger partial charge in [0.05, 0.1) is 11.3 Å². The highest BCUT2D eigenvalue weighted by atomic mass is 16.4. The number of benzene rings is 1. The molecule has 0 aliphatic carbocycles. The molecule has 1 aromatic carbocycles. The SMILES string of the molecule is Cc1ccc(NCCCCC(=O)O)c(C#N)c1. The third kappa shape index (κ3) is 4.56. The highest BCUT2D eigenvalue weighted by Gasteiger charge is 2.01. The van der Waals surface area contributed by atoms with E-state index in [2.05, 4.69) is 11.4 Å². The first-order chi connectivity index (χ1) is 8.13. The van der Waals surface area contributed by atoms with Crippen LogP contribution >= 0.6 is 0 Å². The Morgan fingerprint density at radius 1 is 1.47 bits per heavy atom. The molecular formula is C13H16N2O2. The lowest BCUT2D eigenvalue weighted by atomic mass is 10.1. The topological polar surface area (TPSA) is 73.1 Å². The molecule has 4 heteroatoms. The van der Waals surface area contributed by atoms with Crippen molar-refractivity contribution in [3.63, 3.8) is 0 Å². The zero-order valence-electron chi connectivity index (χ0n) is 9.86. The summed E-state index contributed by atoms with van der Waals surface area (Å²) in [6.45, 7) is 2.63. The molecule has 0 saturated carbocycles. The maximum absolute atomic E-state index is 10.3. The molecule has 0 unspecified atom stereocenters. The van der Waals surface area contributed by atoms with Crippen LogP contribution in [0.2, 0.25) is 0 Å². The Balaban J connectivity index is 2.42. The molecule has 17 heavy (non-hydrogen) atoms. The van der Waals surface area contributed by atoms with Crippen LogP contribution < -0.4 is 5.32 Å². The fraction of sp³-hybridized carbons (Fsp3) is 0.385. The van der Waals surface area contributed by atoms with Gasteiger partial charge in [-0.2, -0.15) is 5.26 Å². The summed E-state index contributed by atoms with van der Waals surface area (Å²) < 4.78 is 0. The summed E-state index contributed by atoms with van der Waals surface area (Å²) in [4.78, 5) is 10.3. The zero-order chi connectivity index (χ0) is 12.7. The van der Waals surface area contributed by atoms with Crippen LogP contribution in [0.15, 0.2) is 18.2 Å². The summed E-state index contributed by atoms with van der Waals surface area (Å²) in [6.07, 6.45) is 1.63. The maximum atomic E-state index is 10.3. The number of nitriles is 1. The molecule has 2 N–H and O–H groups in total. The van der Waals surface area contributed by atoms with Gasteiger partial charge in [-0.1, -0.05) is 6.07 Å². The monoisotopic (exact) mass is 232 g/mol. The Bertz CT molecular complexity index is 436. The van der Waals surface area contributed by atoms with Gasteiger partial charge in [-0.05, 0) is 37.5 Å². The van der Waals surface area contributed by atoms with Crippen LogP contribution in [-0.4, -0.2) is 17.6 Å². The van der Waals surface area contributed by atoms with E-state index in [0.717, 1.165) is 17.7 Å². The van der Waals surface area contributed by atoms with E-state index in [0.29, 0.717) is 18.5 Å². The van der Waals surface area contributed by atoms with Crippen molar-refractivity contribution in [2.75, 3.05) is 11.9 Å². The molecule has 1 rings (SSSR count). The van der Waals surface area contributed by atoms with Crippen molar-refractivity contribution >= 4 is 11.7 Å². The van der Waals surface area contributed by atoms with Gasteiger partial charge in [-0.3, -0.25) is 4.79 Å². The van der Waals surface area contributed by atoms with Gasteiger partial charge in [-0.25, -0.2) is 0 Å². The van der Waals surface area contributed by atoms with Gasteiger partial charge in [0.1, 0.15) is 6.07 Å². The number of carboxylic acids is 1. The van der Waals surface area contributed by atoms with Crippen LogP contribution in [0.5, 0.6) is 0 Å². The Kier molecular flexibility index (Phi) is 5.02. The molecule has 0 aromatic heterocycles. The predicted octanol–water partition coefficient (Wildman–Crippen LogP) is 2.53. The molecule has 0 aliphatic rings. The molecular weight excluding hydrogens is 216 g/mol. The van der Waals surface area contributed by atoms with Crippen molar-refractivity contribution in [3.8, 4) is 6.07 Å². The van der Waals surface area contributed by atoms with Crippen LogP contribution in [0.3, 0.4) is 0 Å². The molecule has 1 aromatic rings. The standard InChI is InChI=1S/C13H16N2O2/c1-10-5-6-12(11(8-10)9-14)15-7-3-2-4-13(16)17/h5-6,8,15H,2-4,7H2,1H3,(H,16,17). The summed E-state index contributed by atoms with van der Waals surface area (Å²) in [5.41, 5.74) is 2.50. The summed E-state index contributed by atoms with van der Waals surface area (Å²) in [5, 5.41) is 20.6. The van der Waals surface area contributed by atoms with Gasteiger partial charge in [0, 0.05) is 13.0 Å². The zero-order valence-corrected chi connectivity index (χ0v) is 9.86. The second-order valence-electron chi connectivity index (χ2n) is 3.94. The van der Waals surface area contributed by atoms with Crippen molar-refractivity contribution in [1.82, 2.24) is 0 Å². The average Bonchev–Trinajstić information content (AvgIpc) is 2.29. The van der Waals surface area contributed by atoms with Gasteiger partial charge >= 0.3 is 5.97 Å². The fourth-order valence-corrected chi connectivity index (χ4v) is 1.53. The number of carbonyl (C=O) groups is 1. The molecule has 4 nitrogen and oxygen atoms in total. The van der Waals surface area contributed by atoms with Crippen molar-refractivity contribution in [2.24, 2.45) is 0 Å². The van der Waals surface area contributed by atoms with E-state index in [-0.39, 0.29) is 6.42 Å². The Morgan fingerprint density at radius 2 is 2.24 bits per heavy atom. The minimum atomic E-state index is -0.766. The lowest BCUT2D eigenvalue weighted by molar-refractivity contribution is -0.137. The van der Waals surface area contributed by atoms with Gasteiger partial charge in [0.25, 0.3) is 0 Å². The van der Waals surface area contributed by atoms with Gasteiger partial charge in [0.2, 0.25) is 0 Å². The van der Waals surface area contributed by atoms with Crippen LogP contribution in [0, 0.1) is 18.3 Å². The van der Waals surface area contributed by atoms with Gasteiger partial charge in [-0.15, -0.1) is 0 Å². The number of hydrogen-bond donors (Lipinski definition) is 2. The quantitative estimate of drug-likeness (QED) is 0.739. The first-order valence-electron chi connectivity index (χ1n) is 5.60. The summed E-state index contributed by atoms with van der Waals surface area (Å²) in [5.74, 6) is -0.766. The average molecular weight is 232 g/mol. The smallest absolute Gasteiger partial charge is 0.303 e. The van der Waals surface area contributed by atoms with E-state index in [4.69, 9.17) is 10.4 Å². The Labute approximate surface area is 101 Å². The third-order valence-corrected chi connectivity index (χ3v) is 2.43. The normalized spacial score (nSPS) is 9.65. The van der Waals surface area contributed by atoms with Crippen LogP contribution in [0.4, 0.5) is 5.69 Å². The lowest BCUT2D eigenvalue weighted by Crippen LogP contribution is -2.04. The van der Waals surface area contributed by atoms with E-state index in [1.807, 2.05) is 25.1 Å². The van der Waals surface area contributed by atoms with E-state index < -0.39 is 5.97 Å². The summed E-state index contributed by atoms with van der Waals surface area (Å²) >= 11 is 0. The fourth-order valence-electron chi connectivity index (χ4n) is 1.53. The van der Waals surface area contributed by atoms with E-state index >= 15 is 0 Å². The lowest BCUT2D eigenvalue weighted by Gasteiger charge is -2.08. The molecule has 0 atom stereocenters. The number of aliphatic carboxylic acids is 1. The number of aryl methyl sites for hydroxylation is 1. The van der Waals surface area contributed by atoms with E-state index in [1.54, 1.807) is 0 Å². The van der Waals surface area contributed by atoms with Crippen LogP contribution in [-0.2, 0) is 4.79 Å². The molecule has 0 bridgehead atoms. The van der Waals surface area contributed by atoms with Crippen molar-refractivity contribution in [2.45, 2.75) is 26.2 Å². The Hall–Kier alpha value is -2.02. The molecule has 0 amide bonds. The minimum Gasteiger partial charge on any atom is -0.481 e. The van der Waals surface area contributed by atoms with Crippen molar-refractivity contribution in [1.29, 1.82) is 5.26 Å². The third-order valence-electron chi connectivity index (χ3n) is 2.43. The molecule has 0 saturated heterocycles. The molecule has 0 radical (unpaired) electrons. The molecule has 0 fully saturated rings. The highest BCUT2D eigenvalue weighted by molar-refractivity contribution is 5.66. The van der Waals surface area contributed by atoms with Crippen molar-refractivity contribution in [3.05, 3.63) is 29.3 Å². The predicted molar refractivity (Wildman–Crippen MR) is 65.9 cm³/mol.